The minimum Gasteiger partial charge on any atom is -0.478 e. The fourth-order valence-electron chi connectivity index (χ4n) is 1.16. The van der Waals surface area contributed by atoms with Crippen LogP contribution in [0.25, 0.3) is 0 Å². The number of allylic oxidation sites excluding steroid dienone is 1. The zero-order valence-electron chi connectivity index (χ0n) is 8.43. The molecule has 15 heavy (non-hydrogen) atoms. The molecule has 78 valence electrons. The van der Waals surface area contributed by atoms with Gasteiger partial charge in [-0.25, -0.2) is 4.79 Å². The van der Waals surface area contributed by atoms with Gasteiger partial charge in [-0.05, 0) is 12.5 Å². The maximum absolute atomic E-state index is 11.6. The van der Waals surface area contributed by atoms with Gasteiger partial charge in [-0.1, -0.05) is 37.3 Å². The van der Waals surface area contributed by atoms with Crippen molar-refractivity contribution < 1.29 is 14.7 Å². The first-order valence-electron chi connectivity index (χ1n) is 4.68. The van der Waals surface area contributed by atoms with Crippen molar-refractivity contribution in [3.63, 3.8) is 0 Å². The Hall–Kier alpha value is -1.90. The Bertz CT molecular complexity index is 391. The first-order chi connectivity index (χ1) is 7.15. The average Bonchev–Trinajstić information content (AvgIpc) is 2.26. The predicted molar refractivity (Wildman–Crippen MR) is 56.8 cm³/mol. The zero-order chi connectivity index (χ0) is 11.3. The van der Waals surface area contributed by atoms with Crippen LogP contribution in [0.3, 0.4) is 0 Å². The van der Waals surface area contributed by atoms with Crippen molar-refractivity contribution in [2.24, 2.45) is 0 Å². The van der Waals surface area contributed by atoms with Crippen LogP contribution < -0.4 is 0 Å². The number of benzene rings is 1. The van der Waals surface area contributed by atoms with Gasteiger partial charge in [0.25, 0.3) is 0 Å². The number of hydrogen-bond donors (Lipinski definition) is 1. The quantitative estimate of drug-likeness (QED) is 0.604. The molecule has 0 aliphatic carbocycles. The molecule has 0 aliphatic rings. The van der Waals surface area contributed by atoms with E-state index in [4.69, 9.17) is 5.11 Å². The van der Waals surface area contributed by atoms with E-state index in [1.165, 1.54) is 6.08 Å². The van der Waals surface area contributed by atoms with Crippen molar-refractivity contribution in [3.05, 3.63) is 47.5 Å². The summed E-state index contributed by atoms with van der Waals surface area (Å²) in [7, 11) is 0. The SMILES string of the molecule is CC/C(=C/C(=O)c1ccccc1)C(=O)O. The Morgan fingerprint density at radius 3 is 2.33 bits per heavy atom. The first-order valence-corrected chi connectivity index (χ1v) is 4.68. The molecule has 0 fully saturated rings. The molecule has 0 radical (unpaired) electrons. The summed E-state index contributed by atoms with van der Waals surface area (Å²) in [6.07, 6.45) is 1.52. The number of carboxylic acid groups (broad SMARTS) is 1. The second kappa shape index (κ2) is 5.10. The summed E-state index contributed by atoms with van der Waals surface area (Å²) in [5.74, 6) is -1.31. The van der Waals surface area contributed by atoms with E-state index in [-0.39, 0.29) is 11.4 Å². The second-order valence-corrected chi connectivity index (χ2v) is 3.06. The highest BCUT2D eigenvalue weighted by Crippen LogP contribution is 2.06. The molecule has 3 heteroatoms. The molecule has 0 bridgehead atoms. The van der Waals surface area contributed by atoms with Crippen LogP contribution in [0, 0.1) is 0 Å². The summed E-state index contributed by atoms with van der Waals surface area (Å²) >= 11 is 0. The summed E-state index contributed by atoms with van der Waals surface area (Å²) in [5, 5.41) is 8.75. The molecular weight excluding hydrogens is 192 g/mol. The highest BCUT2D eigenvalue weighted by atomic mass is 16.4. The number of carbonyl (C=O) groups is 2. The standard InChI is InChI=1S/C12H12O3/c1-2-9(12(14)15)8-11(13)10-6-4-3-5-7-10/h3-8H,2H2,1H3,(H,14,15)/b9-8-. The summed E-state index contributed by atoms with van der Waals surface area (Å²) in [6, 6.07) is 8.61. The van der Waals surface area contributed by atoms with E-state index in [1.807, 2.05) is 0 Å². The van der Waals surface area contributed by atoms with E-state index < -0.39 is 5.97 Å². The predicted octanol–water partition coefficient (Wildman–Crippen LogP) is 2.29. The van der Waals surface area contributed by atoms with Crippen molar-refractivity contribution >= 4 is 11.8 Å². The van der Waals surface area contributed by atoms with Gasteiger partial charge in [0.2, 0.25) is 0 Å². The van der Waals surface area contributed by atoms with Crippen LogP contribution >= 0.6 is 0 Å². The molecule has 1 N–H and O–H groups in total. The van der Waals surface area contributed by atoms with E-state index in [2.05, 4.69) is 0 Å². The van der Waals surface area contributed by atoms with Crippen molar-refractivity contribution in [1.29, 1.82) is 0 Å². The molecule has 0 amide bonds. The zero-order valence-corrected chi connectivity index (χ0v) is 8.43. The second-order valence-electron chi connectivity index (χ2n) is 3.06. The molecule has 1 rings (SSSR count). The molecular formula is C12H12O3. The van der Waals surface area contributed by atoms with Gasteiger partial charge >= 0.3 is 5.97 Å². The van der Waals surface area contributed by atoms with Crippen molar-refractivity contribution in [3.8, 4) is 0 Å². The lowest BCUT2D eigenvalue weighted by Gasteiger charge is -1.98. The van der Waals surface area contributed by atoms with Crippen molar-refractivity contribution in [2.45, 2.75) is 13.3 Å². The van der Waals surface area contributed by atoms with E-state index in [9.17, 15) is 9.59 Å². The summed E-state index contributed by atoms with van der Waals surface area (Å²) in [6.45, 7) is 1.71. The summed E-state index contributed by atoms with van der Waals surface area (Å²) in [5.41, 5.74) is 0.633. The van der Waals surface area contributed by atoms with E-state index >= 15 is 0 Å². The van der Waals surface area contributed by atoms with Gasteiger partial charge in [0.05, 0.1) is 0 Å². The number of hydrogen-bond acceptors (Lipinski definition) is 2. The van der Waals surface area contributed by atoms with Gasteiger partial charge in [-0.15, -0.1) is 0 Å². The maximum Gasteiger partial charge on any atom is 0.331 e. The molecule has 1 aromatic rings. The molecule has 0 saturated heterocycles. The number of carboxylic acids is 1. The molecule has 0 spiro atoms. The topological polar surface area (TPSA) is 54.4 Å². The largest absolute Gasteiger partial charge is 0.478 e. The third kappa shape index (κ3) is 3.06. The first kappa shape index (κ1) is 11.2. The number of rotatable bonds is 4. The Labute approximate surface area is 88.0 Å². The third-order valence-corrected chi connectivity index (χ3v) is 2.02. The lowest BCUT2D eigenvalue weighted by Crippen LogP contribution is -2.03. The minimum atomic E-state index is -1.04. The van der Waals surface area contributed by atoms with Crippen molar-refractivity contribution in [2.75, 3.05) is 0 Å². The number of aliphatic carboxylic acids is 1. The third-order valence-electron chi connectivity index (χ3n) is 2.02. The van der Waals surface area contributed by atoms with Crippen LogP contribution in [0.4, 0.5) is 0 Å². The lowest BCUT2D eigenvalue weighted by atomic mass is 10.1. The van der Waals surface area contributed by atoms with Gasteiger partial charge < -0.3 is 5.11 Å². The smallest absolute Gasteiger partial charge is 0.331 e. The molecule has 0 saturated carbocycles. The molecule has 3 nitrogen and oxygen atoms in total. The summed E-state index contributed by atoms with van der Waals surface area (Å²) in [4.78, 5) is 22.3. The highest BCUT2D eigenvalue weighted by molar-refractivity contribution is 6.08. The Balaban J connectivity index is 2.92. The highest BCUT2D eigenvalue weighted by Gasteiger charge is 2.08. The molecule has 0 heterocycles. The van der Waals surface area contributed by atoms with Crippen molar-refractivity contribution in [1.82, 2.24) is 0 Å². The Morgan fingerprint density at radius 2 is 1.87 bits per heavy atom. The normalized spacial score (nSPS) is 11.1. The summed E-state index contributed by atoms with van der Waals surface area (Å²) < 4.78 is 0. The van der Waals surface area contributed by atoms with E-state index in [0.29, 0.717) is 12.0 Å². The van der Waals surface area contributed by atoms with Gasteiger partial charge in [-0.2, -0.15) is 0 Å². The van der Waals surface area contributed by atoms with E-state index in [0.717, 1.165) is 0 Å². The van der Waals surface area contributed by atoms with Gasteiger partial charge in [0.1, 0.15) is 0 Å². The van der Waals surface area contributed by atoms with Crippen LogP contribution in [-0.4, -0.2) is 16.9 Å². The molecule has 1 aromatic carbocycles. The van der Waals surface area contributed by atoms with Gasteiger partial charge in [0, 0.05) is 11.1 Å². The molecule has 0 aromatic heterocycles. The van der Waals surface area contributed by atoms with Gasteiger partial charge in [0.15, 0.2) is 5.78 Å². The van der Waals surface area contributed by atoms with Crippen LogP contribution in [0.15, 0.2) is 42.0 Å². The van der Waals surface area contributed by atoms with Crippen LogP contribution in [0.1, 0.15) is 23.7 Å². The van der Waals surface area contributed by atoms with Crippen LogP contribution in [-0.2, 0) is 4.79 Å². The molecule has 0 unspecified atom stereocenters. The number of ketones is 1. The van der Waals surface area contributed by atoms with Crippen LogP contribution in [0.5, 0.6) is 0 Å². The Kier molecular flexibility index (Phi) is 3.80. The monoisotopic (exact) mass is 204 g/mol. The van der Waals surface area contributed by atoms with E-state index in [1.54, 1.807) is 37.3 Å². The number of carbonyl (C=O) groups excluding carboxylic acids is 1. The molecule has 0 atom stereocenters. The lowest BCUT2D eigenvalue weighted by molar-refractivity contribution is -0.132. The average molecular weight is 204 g/mol. The minimum absolute atomic E-state index is 0.129. The van der Waals surface area contributed by atoms with Gasteiger partial charge in [-0.3, -0.25) is 4.79 Å². The molecule has 0 aliphatic heterocycles. The maximum atomic E-state index is 11.6. The van der Waals surface area contributed by atoms with Crippen LogP contribution in [0.2, 0.25) is 0 Å². The fourth-order valence-corrected chi connectivity index (χ4v) is 1.16. The Morgan fingerprint density at radius 1 is 1.27 bits per heavy atom. The fraction of sp³-hybridized carbons (Fsp3) is 0.167.